The third-order valence-corrected chi connectivity index (χ3v) is 3.05. The molecule has 0 aliphatic rings. The van der Waals surface area contributed by atoms with Gasteiger partial charge in [-0.25, -0.2) is 9.89 Å². The molecule has 82 valence electrons. The number of nitrogens with one attached hydrogen (secondary N) is 1. The summed E-state index contributed by atoms with van der Waals surface area (Å²) in [6.07, 6.45) is 0. The zero-order chi connectivity index (χ0) is 11.7. The van der Waals surface area contributed by atoms with Crippen LogP contribution in [0.1, 0.15) is 15.2 Å². The Morgan fingerprint density at radius 3 is 2.81 bits per heavy atom. The molecule has 0 amide bonds. The van der Waals surface area contributed by atoms with Crippen LogP contribution in [0.3, 0.4) is 0 Å². The summed E-state index contributed by atoms with van der Waals surface area (Å²) < 4.78 is 0. The molecular weight excluding hydrogens is 228 g/mol. The normalized spacial score (nSPS) is 10.3. The Morgan fingerprint density at radius 1 is 1.50 bits per heavy atom. The van der Waals surface area contributed by atoms with Crippen LogP contribution in [0.25, 0.3) is 10.6 Å². The predicted molar refractivity (Wildman–Crippen MR) is 59.9 cm³/mol. The van der Waals surface area contributed by atoms with Gasteiger partial charge in [-0.15, -0.1) is 11.3 Å². The van der Waals surface area contributed by atoms with Crippen molar-refractivity contribution in [3.8, 4) is 10.6 Å². The van der Waals surface area contributed by atoms with E-state index < -0.39 is 11.5 Å². The second-order valence-electron chi connectivity index (χ2n) is 3.21. The molecule has 0 saturated heterocycles. The van der Waals surface area contributed by atoms with Crippen LogP contribution in [0.4, 0.5) is 0 Å². The molecule has 5 nitrogen and oxygen atoms in total. The zero-order valence-corrected chi connectivity index (χ0v) is 9.17. The van der Waals surface area contributed by atoms with E-state index in [1.807, 2.05) is 19.1 Å². The van der Waals surface area contributed by atoms with E-state index in [4.69, 9.17) is 5.11 Å². The van der Waals surface area contributed by atoms with Crippen LogP contribution >= 0.6 is 11.3 Å². The zero-order valence-electron chi connectivity index (χ0n) is 8.35. The first-order chi connectivity index (χ1) is 7.58. The van der Waals surface area contributed by atoms with Crippen molar-refractivity contribution in [3.05, 3.63) is 39.0 Å². The molecule has 6 heteroatoms. The predicted octanol–water partition coefficient (Wildman–Crippen LogP) is 1.51. The van der Waals surface area contributed by atoms with Crippen molar-refractivity contribution < 1.29 is 9.90 Å². The maximum absolute atomic E-state index is 11.2. The van der Waals surface area contributed by atoms with Gasteiger partial charge in [0.2, 0.25) is 0 Å². The molecule has 0 unspecified atom stereocenters. The Hall–Kier alpha value is -1.95. The fourth-order valence-corrected chi connectivity index (χ4v) is 2.09. The van der Waals surface area contributed by atoms with E-state index >= 15 is 0 Å². The van der Waals surface area contributed by atoms with E-state index in [1.165, 1.54) is 17.4 Å². The fourth-order valence-electron chi connectivity index (χ4n) is 1.26. The number of hydrogen-bond acceptors (Lipinski definition) is 4. The minimum atomic E-state index is -1.25. The van der Waals surface area contributed by atoms with E-state index in [1.54, 1.807) is 0 Å². The Morgan fingerprint density at radius 2 is 2.25 bits per heavy atom. The molecule has 16 heavy (non-hydrogen) atoms. The van der Waals surface area contributed by atoms with Gasteiger partial charge in [0, 0.05) is 4.88 Å². The highest BCUT2D eigenvalue weighted by Gasteiger charge is 2.12. The Balaban J connectivity index is 2.55. The lowest BCUT2D eigenvalue weighted by Crippen LogP contribution is -2.18. The summed E-state index contributed by atoms with van der Waals surface area (Å²) in [7, 11) is 0. The van der Waals surface area contributed by atoms with Crippen molar-refractivity contribution in [3.63, 3.8) is 0 Å². The van der Waals surface area contributed by atoms with Gasteiger partial charge in [0.25, 0.3) is 5.56 Å². The lowest BCUT2D eigenvalue weighted by molar-refractivity contribution is 0.0694. The maximum Gasteiger partial charge on any atom is 0.341 e. The van der Waals surface area contributed by atoms with Crippen molar-refractivity contribution in [2.75, 3.05) is 0 Å². The third kappa shape index (κ3) is 1.87. The molecule has 2 aromatic rings. The summed E-state index contributed by atoms with van der Waals surface area (Å²) in [5, 5.41) is 14.8. The number of carboxylic acid groups (broad SMARTS) is 1. The van der Waals surface area contributed by atoms with E-state index in [9.17, 15) is 9.59 Å². The van der Waals surface area contributed by atoms with Gasteiger partial charge in [0.05, 0.1) is 4.88 Å². The van der Waals surface area contributed by atoms with Crippen molar-refractivity contribution in [2.45, 2.75) is 6.92 Å². The molecule has 0 spiro atoms. The number of hydrogen-bond donors (Lipinski definition) is 2. The largest absolute Gasteiger partial charge is 0.477 e. The molecule has 2 heterocycles. The van der Waals surface area contributed by atoms with E-state index in [2.05, 4.69) is 10.2 Å². The first-order valence-electron chi connectivity index (χ1n) is 4.48. The third-order valence-electron chi connectivity index (χ3n) is 2.03. The Kier molecular flexibility index (Phi) is 2.57. The molecular formula is C10H8N2O3S. The van der Waals surface area contributed by atoms with Gasteiger partial charge in [-0.1, -0.05) is 0 Å². The number of H-pyrrole nitrogens is 1. The van der Waals surface area contributed by atoms with Gasteiger partial charge >= 0.3 is 5.97 Å². The van der Waals surface area contributed by atoms with Gasteiger partial charge < -0.3 is 5.11 Å². The first-order valence-corrected chi connectivity index (χ1v) is 5.29. The molecule has 2 rings (SSSR count). The number of rotatable bonds is 2. The molecule has 2 N–H and O–H groups in total. The lowest BCUT2D eigenvalue weighted by atomic mass is 10.2. The SMILES string of the molecule is Cc1ccc(-c2cc(C(=O)O)c(=O)[nH]n2)s1. The first kappa shape index (κ1) is 10.6. The summed E-state index contributed by atoms with van der Waals surface area (Å²) in [5.41, 5.74) is -0.518. The van der Waals surface area contributed by atoms with Gasteiger partial charge in [-0.05, 0) is 25.1 Å². The summed E-state index contributed by atoms with van der Waals surface area (Å²) in [4.78, 5) is 23.8. The Bertz CT molecular complexity index is 600. The molecule has 0 fully saturated rings. The van der Waals surface area contributed by atoms with Gasteiger partial charge in [-0.2, -0.15) is 5.10 Å². The van der Waals surface area contributed by atoms with Crippen molar-refractivity contribution in [1.29, 1.82) is 0 Å². The highest BCUT2D eigenvalue weighted by atomic mass is 32.1. The fraction of sp³-hybridized carbons (Fsp3) is 0.100. The minimum absolute atomic E-state index is 0.295. The minimum Gasteiger partial charge on any atom is -0.477 e. The van der Waals surface area contributed by atoms with Crippen LogP contribution in [-0.4, -0.2) is 21.3 Å². The number of thiophene rings is 1. The summed E-state index contributed by atoms with van der Waals surface area (Å²) in [6.45, 7) is 1.94. The number of carbonyl (C=O) groups is 1. The number of carboxylic acids is 1. The average Bonchev–Trinajstić information content (AvgIpc) is 2.65. The van der Waals surface area contributed by atoms with Crippen LogP contribution in [-0.2, 0) is 0 Å². The summed E-state index contributed by atoms with van der Waals surface area (Å²) in [6, 6.07) is 5.03. The van der Waals surface area contributed by atoms with E-state index in [0.29, 0.717) is 5.69 Å². The monoisotopic (exact) mass is 236 g/mol. The van der Waals surface area contributed by atoms with Crippen LogP contribution in [0.5, 0.6) is 0 Å². The molecule has 0 atom stereocenters. The molecule has 2 aromatic heterocycles. The number of aromatic amines is 1. The molecule has 0 aliphatic carbocycles. The van der Waals surface area contributed by atoms with E-state index in [0.717, 1.165) is 9.75 Å². The Labute approximate surface area is 94.4 Å². The van der Waals surface area contributed by atoms with Crippen molar-refractivity contribution in [1.82, 2.24) is 10.2 Å². The molecule has 0 aliphatic heterocycles. The van der Waals surface area contributed by atoms with E-state index in [-0.39, 0.29) is 5.56 Å². The maximum atomic E-state index is 11.2. The molecule has 0 saturated carbocycles. The molecule has 0 radical (unpaired) electrons. The number of nitrogens with zero attached hydrogens (tertiary/aromatic N) is 1. The summed E-state index contributed by atoms with van der Waals surface area (Å²) >= 11 is 1.49. The topological polar surface area (TPSA) is 83.0 Å². The number of aryl methyl sites for hydroxylation is 1. The highest BCUT2D eigenvalue weighted by molar-refractivity contribution is 7.15. The number of aromatic nitrogens is 2. The highest BCUT2D eigenvalue weighted by Crippen LogP contribution is 2.25. The van der Waals surface area contributed by atoms with Gasteiger partial charge in [0.15, 0.2) is 0 Å². The standard InChI is InChI=1S/C10H8N2O3S/c1-5-2-3-8(16-5)7-4-6(10(14)15)9(13)12-11-7/h2-4H,1H3,(H,12,13)(H,14,15). The number of aromatic carboxylic acids is 1. The lowest BCUT2D eigenvalue weighted by Gasteiger charge is -1.97. The van der Waals surface area contributed by atoms with Crippen LogP contribution in [0, 0.1) is 6.92 Å². The van der Waals surface area contributed by atoms with Crippen molar-refractivity contribution in [2.24, 2.45) is 0 Å². The van der Waals surface area contributed by atoms with Crippen LogP contribution in [0.2, 0.25) is 0 Å². The summed E-state index contributed by atoms with van der Waals surface area (Å²) in [5.74, 6) is -1.25. The molecule has 0 aromatic carbocycles. The van der Waals surface area contributed by atoms with Gasteiger partial charge in [-0.3, -0.25) is 4.79 Å². The van der Waals surface area contributed by atoms with Crippen molar-refractivity contribution >= 4 is 17.3 Å². The van der Waals surface area contributed by atoms with Crippen LogP contribution in [0.15, 0.2) is 23.0 Å². The molecule has 0 bridgehead atoms. The van der Waals surface area contributed by atoms with Gasteiger partial charge in [0.1, 0.15) is 11.3 Å². The smallest absolute Gasteiger partial charge is 0.341 e. The second-order valence-corrected chi connectivity index (χ2v) is 4.50. The van der Waals surface area contributed by atoms with Crippen LogP contribution < -0.4 is 5.56 Å². The quantitative estimate of drug-likeness (QED) is 0.827. The average molecular weight is 236 g/mol. The second kappa shape index (κ2) is 3.90.